The first-order valence-corrected chi connectivity index (χ1v) is 6.85. The van der Waals surface area contributed by atoms with Gasteiger partial charge in [-0.3, -0.25) is 4.79 Å². The molecule has 0 bridgehead atoms. The molecule has 0 aliphatic rings. The topological polar surface area (TPSA) is 26.3 Å². The fraction of sp³-hybridized carbons (Fsp3) is 0.688. The molecule has 0 spiro atoms. The summed E-state index contributed by atoms with van der Waals surface area (Å²) < 4.78 is 5.05. The number of carbonyl (C=O) groups is 1. The third-order valence-corrected chi connectivity index (χ3v) is 2.91. The summed E-state index contributed by atoms with van der Waals surface area (Å²) >= 11 is 0. The molecular formula is C16H28O2. The molecule has 18 heavy (non-hydrogen) atoms. The molecule has 0 aliphatic heterocycles. The van der Waals surface area contributed by atoms with E-state index in [-0.39, 0.29) is 11.9 Å². The highest BCUT2D eigenvalue weighted by Crippen LogP contribution is 2.11. The van der Waals surface area contributed by atoms with E-state index in [9.17, 15) is 4.79 Å². The third-order valence-electron chi connectivity index (χ3n) is 2.91. The minimum atomic E-state index is -0.00160. The van der Waals surface area contributed by atoms with Crippen molar-refractivity contribution in [1.29, 1.82) is 0 Å². The van der Waals surface area contributed by atoms with Gasteiger partial charge in [0.1, 0.15) is 0 Å². The molecule has 0 heterocycles. The Bertz CT molecular complexity index is 287. The fourth-order valence-electron chi connectivity index (χ4n) is 1.63. The van der Waals surface area contributed by atoms with Crippen molar-refractivity contribution >= 4 is 5.78 Å². The molecule has 0 aromatic rings. The highest BCUT2D eigenvalue weighted by molar-refractivity contribution is 5.90. The normalized spacial score (nSPS) is 14.4. The van der Waals surface area contributed by atoms with Crippen LogP contribution in [0.1, 0.15) is 53.4 Å². The van der Waals surface area contributed by atoms with Gasteiger partial charge >= 0.3 is 0 Å². The van der Waals surface area contributed by atoms with E-state index in [0.717, 1.165) is 12.3 Å². The van der Waals surface area contributed by atoms with Gasteiger partial charge in [-0.2, -0.15) is 0 Å². The van der Waals surface area contributed by atoms with E-state index < -0.39 is 0 Å². The van der Waals surface area contributed by atoms with Gasteiger partial charge in [-0.1, -0.05) is 38.0 Å². The van der Waals surface area contributed by atoms with Gasteiger partial charge in [0.25, 0.3) is 0 Å². The summed E-state index contributed by atoms with van der Waals surface area (Å²) in [7, 11) is 1.63. The van der Waals surface area contributed by atoms with Crippen LogP contribution in [0.4, 0.5) is 0 Å². The standard InChI is InChI=1S/C16H28O2/c1-13(2)8-6-9-14(3)10-7-11-16(17)12-15(4)18-5/h7,10-11,13,15H,6,8-9,12H2,1-5H3. The third kappa shape index (κ3) is 10.3. The first-order chi connectivity index (χ1) is 8.45. The largest absolute Gasteiger partial charge is 0.381 e. The van der Waals surface area contributed by atoms with Crippen LogP contribution in [0.5, 0.6) is 0 Å². The van der Waals surface area contributed by atoms with E-state index in [1.165, 1.54) is 18.4 Å². The highest BCUT2D eigenvalue weighted by atomic mass is 16.5. The average Bonchev–Trinajstić information content (AvgIpc) is 2.28. The maximum atomic E-state index is 11.5. The van der Waals surface area contributed by atoms with E-state index in [4.69, 9.17) is 4.74 Å². The van der Waals surface area contributed by atoms with E-state index >= 15 is 0 Å². The van der Waals surface area contributed by atoms with Crippen LogP contribution in [-0.2, 0) is 9.53 Å². The number of allylic oxidation sites excluding steroid dienone is 4. The van der Waals surface area contributed by atoms with Crippen LogP contribution in [0.25, 0.3) is 0 Å². The summed E-state index contributed by atoms with van der Waals surface area (Å²) in [5, 5.41) is 0. The lowest BCUT2D eigenvalue weighted by atomic mass is 10.0. The molecule has 0 radical (unpaired) electrons. The van der Waals surface area contributed by atoms with E-state index in [1.54, 1.807) is 13.2 Å². The summed E-state index contributed by atoms with van der Waals surface area (Å²) in [6.45, 7) is 8.51. The second-order valence-corrected chi connectivity index (χ2v) is 5.37. The Morgan fingerprint density at radius 2 is 1.94 bits per heavy atom. The van der Waals surface area contributed by atoms with Gasteiger partial charge in [0, 0.05) is 13.5 Å². The van der Waals surface area contributed by atoms with E-state index in [0.29, 0.717) is 6.42 Å². The second kappa shape index (κ2) is 10.1. The Balaban J connectivity index is 3.93. The SMILES string of the molecule is COC(C)CC(=O)C=CC=C(C)CCCC(C)C. The molecule has 0 aromatic heterocycles. The Labute approximate surface area is 112 Å². The molecule has 0 saturated heterocycles. The lowest BCUT2D eigenvalue weighted by molar-refractivity contribution is -0.116. The number of ether oxygens (including phenoxy) is 1. The molecular weight excluding hydrogens is 224 g/mol. The van der Waals surface area contributed by atoms with Crippen LogP contribution in [0, 0.1) is 5.92 Å². The van der Waals surface area contributed by atoms with Gasteiger partial charge in [-0.15, -0.1) is 0 Å². The number of ketones is 1. The lowest BCUT2D eigenvalue weighted by Gasteiger charge is -2.05. The van der Waals surface area contributed by atoms with Gasteiger partial charge in [-0.05, 0) is 38.7 Å². The zero-order valence-electron chi connectivity index (χ0n) is 12.5. The predicted molar refractivity (Wildman–Crippen MR) is 77.7 cm³/mol. The zero-order valence-corrected chi connectivity index (χ0v) is 12.5. The summed E-state index contributed by atoms with van der Waals surface area (Å²) in [6.07, 6.45) is 9.59. The van der Waals surface area contributed by atoms with Gasteiger partial charge < -0.3 is 4.74 Å². The van der Waals surface area contributed by atoms with E-state index in [2.05, 4.69) is 20.8 Å². The molecule has 0 N–H and O–H groups in total. The van der Waals surface area contributed by atoms with Crippen molar-refractivity contribution in [2.45, 2.75) is 59.5 Å². The molecule has 0 amide bonds. The van der Waals surface area contributed by atoms with Crippen LogP contribution in [0.3, 0.4) is 0 Å². The van der Waals surface area contributed by atoms with Crippen molar-refractivity contribution in [3.05, 3.63) is 23.8 Å². The summed E-state index contributed by atoms with van der Waals surface area (Å²) in [5.41, 5.74) is 1.33. The van der Waals surface area contributed by atoms with Crippen molar-refractivity contribution in [2.24, 2.45) is 5.92 Å². The maximum Gasteiger partial charge on any atom is 0.158 e. The zero-order chi connectivity index (χ0) is 14.0. The van der Waals surface area contributed by atoms with Crippen LogP contribution in [0.15, 0.2) is 23.8 Å². The first-order valence-electron chi connectivity index (χ1n) is 6.85. The van der Waals surface area contributed by atoms with Crippen LogP contribution in [-0.4, -0.2) is 19.0 Å². The molecule has 0 rings (SSSR count). The van der Waals surface area contributed by atoms with Crippen molar-refractivity contribution < 1.29 is 9.53 Å². The predicted octanol–water partition coefficient (Wildman–Crippen LogP) is 4.31. The number of hydrogen-bond donors (Lipinski definition) is 0. The molecule has 0 aliphatic carbocycles. The summed E-state index contributed by atoms with van der Waals surface area (Å²) in [5.74, 6) is 0.890. The average molecular weight is 252 g/mol. The molecule has 0 fully saturated rings. The van der Waals surface area contributed by atoms with Crippen molar-refractivity contribution in [3.8, 4) is 0 Å². The van der Waals surface area contributed by atoms with Gasteiger partial charge in [-0.25, -0.2) is 0 Å². The first kappa shape index (κ1) is 17.1. The van der Waals surface area contributed by atoms with Crippen LogP contribution < -0.4 is 0 Å². The number of rotatable bonds is 9. The smallest absolute Gasteiger partial charge is 0.158 e. The number of carbonyl (C=O) groups excluding carboxylic acids is 1. The van der Waals surface area contributed by atoms with Gasteiger partial charge in [0.2, 0.25) is 0 Å². The fourth-order valence-corrected chi connectivity index (χ4v) is 1.63. The second-order valence-electron chi connectivity index (χ2n) is 5.37. The van der Waals surface area contributed by atoms with Gasteiger partial charge in [0.05, 0.1) is 6.10 Å². The van der Waals surface area contributed by atoms with Crippen molar-refractivity contribution in [1.82, 2.24) is 0 Å². The molecule has 2 nitrogen and oxygen atoms in total. The quantitative estimate of drug-likeness (QED) is 0.451. The molecule has 104 valence electrons. The van der Waals surface area contributed by atoms with Crippen LogP contribution >= 0.6 is 0 Å². The highest BCUT2D eigenvalue weighted by Gasteiger charge is 2.03. The Hall–Kier alpha value is -0.890. The molecule has 0 aromatic carbocycles. The van der Waals surface area contributed by atoms with Gasteiger partial charge in [0.15, 0.2) is 5.78 Å². The molecule has 1 atom stereocenters. The van der Waals surface area contributed by atoms with Crippen molar-refractivity contribution in [3.63, 3.8) is 0 Å². The Morgan fingerprint density at radius 3 is 2.50 bits per heavy atom. The summed E-state index contributed by atoms with van der Waals surface area (Å²) in [4.78, 5) is 11.5. The molecule has 1 unspecified atom stereocenters. The maximum absolute atomic E-state index is 11.5. The van der Waals surface area contributed by atoms with Crippen molar-refractivity contribution in [2.75, 3.05) is 7.11 Å². The monoisotopic (exact) mass is 252 g/mol. The lowest BCUT2D eigenvalue weighted by Crippen LogP contribution is -2.09. The molecule has 0 saturated carbocycles. The molecule has 2 heteroatoms. The number of methoxy groups -OCH3 is 1. The Kier molecular flexibility index (Phi) is 9.57. The summed E-state index contributed by atoms with van der Waals surface area (Å²) in [6, 6.07) is 0. The minimum absolute atomic E-state index is 0.00160. The van der Waals surface area contributed by atoms with Crippen LogP contribution in [0.2, 0.25) is 0 Å². The van der Waals surface area contributed by atoms with E-state index in [1.807, 2.05) is 19.1 Å². The minimum Gasteiger partial charge on any atom is -0.381 e. The number of hydrogen-bond acceptors (Lipinski definition) is 2. The Morgan fingerprint density at radius 1 is 1.28 bits per heavy atom.